The summed E-state index contributed by atoms with van der Waals surface area (Å²) in [6.07, 6.45) is 0. The fraction of sp³-hybridized carbons (Fsp3) is 1.00. The third-order valence-corrected chi connectivity index (χ3v) is 10.9. The van der Waals surface area contributed by atoms with E-state index < -0.39 is 11.6 Å². The fourth-order valence-electron chi connectivity index (χ4n) is 7.71. The van der Waals surface area contributed by atoms with Crippen molar-refractivity contribution in [1.29, 1.82) is 0 Å². The van der Waals surface area contributed by atoms with E-state index in [0.717, 1.165) is 26.4 Å². The van der Waals surface area contributed by atoms with Crippen molar-refractivity contribution in [3.8, 4) is 0 Å². The largest absolute Gasteiger partial charge is 0.346 e. The van der Waals surface area contributed by atoms with Gasteiger partial charge in [-0.25, -0.2) is 0 Å². The van der Waals surface area contributed by atoms with Crippen LogP contribution in [-0.4, -0.2) is 46.7 Å². The van der Waals surface area contributed by atoms with Crippen molar-refractivity contribution in [2.45, 2.75) is 20.2 Å². The minimum absolute atomic E-state index is 0.0112. The van der Waals surface area contributed by atoms with Crippen LogP contribution in [0.15, 0.2) is 0 Å². The summed E-state index contributed by atoms with van der Waals surface area (Å²) in [7, 11) is 0. The van der Waals surface area contributed by atoms with Crippen LogP contribution in [0.25, 0.3) is 0 Å². The molecule has 0 radical (unpaired) electrons. The summed E-state index contributed by atoms with van der Waals surface area (Å²) in [5, 5.41) is 0. The smallest absolute Gasteiger partial charge is 0.188 e. The summed E-state index contributed by atoms with van der Waals surface area (Å²) in [4.78, 5) is 0. The topological polar surface area (TPSA) is 36.9 Å². The van der Waals surface area contributed by atoms with Crippen molar-refractivity contribution in [2.24, 2.45) is 35.5 Å². The Morgan fingerprint density at radius 1 is 0.550 bits per heavy atom. The molecule has 20 heavy (non-hydrogen) atoms. The maximum Gasteiger partial charge on any atom is 0.188 e. The number of ether oxygens (including phenoxy) is 4. The number of hydrogen-bond donors (Lipinski definition) is 0. The van der Waals surface area contributed by atoms with Crippen LogP contribution in [0.4, 0.5) is 0 Å². The number of hydrogen-bond acceptors (Lipinski definition) is 4. The molecule has 0 aromatic rings. The lowest BCUT2D eigenvalue weighted by Crippen LogP contribution is -2.76. The Bertz CT molecular complexity index is 522. The van der Waals surface area contributed by atoms with Gasteiger partial charge >= 0.3 is 0 Å². The Kier molecular flexibility index (Phi) is 1.54. The maximum atomic E-state index is 6.23. The van der Waals surface area contributed by atoms with Gasteiger partial charge in [-0.2, -0.15) is 0 Å². The van der Waals surface area contributed by atoms with Crippen molar-refractivity contribution in [2.75, 3.05) is 26.4 Å². The van der Waals surface area contributed by atoms with Gasteiger partial charge in [0.25, 0.3) is 0 Å². The van der Waals surface area contributed by atoms with E-state index in [4.69, 9.17) is 18.9 Å². The summed E-state index contributed by atoms with van der Waals surface area (Å²) < 4.78 is 25.0. The number of halogens is 2. The molecule has 0 aromatic carbocycles. The molecule has 6 aliphatic carbocycles. The zero-order valence-electron chi connectivity index (χ0n) is 10.7. The van der Waals surface area contributed by atoms with Crippen LogP contribution in [-0.2, 0) is 18.9 Å². The monoisotopic (exact) mass is 404 g/mol. The van der Waals surface area contributed by atoms with E-state index in [9.17, 15) is 0 Å². The van der Waals surface area contributed by atoms with Gasteiger partial charge in [0.1, 0.15) is 0 Å². The van der Waals surface area contributed by atoms with Crippen molar-refractivity contribution in [3.63, 3.8) is 0 Å². The van der Waals surface area contributed by atoms with Gasteiger partial charge < -0.3 is 18.9 Å². The lowest BCUT2D eigenvalue weighted by molar-refractivity contribution is -0.229. The van der Waals surface area contributed by atoms with Gasteiger partial charge in [0.2, 0.25) is 0 Å². The Balaban J connectivity index is 1.53. The summed E-state index contributed by atoms with van der Waals surface area (Å²) in [5.74, 6) is 2.47. The average Bonchev–Trinajstić information content (AvgIpc) is 3.19. The first-order valence-corrected chi connectivity index (χ1v) is 9.17. The van der Waals surface area contributed by atoms with Crippen LogP contribution < -0.4 is 0 Å². The molecule has 108 valence electrons. The second-order valence-electron chi connectivity index (χ2n) is 7.42. The third-order valence-electron chi connectivity index (χ3n) is 7.64. The lowest BCUT2D eigenvalue weighted by atomic mass is 9.40. The molecule has 2 aliphatic heterocycles. The molecule has 0 aromatic heterocycles. The molecule has 4 nitrogen and oxygen atoms in total. The first-order valence-electron chi connectivity index (χ1n) is 7.58. The molecule has 8 aliphatic rings. The van der Waals surface area contributed by atoms with E-state index in [2.05, 4.69) is 31.9 Å². The molecule has 2 saturated heterocycles. The molecule has 2 heterocycles. The van der Waals surface area contributed by atoms with E-state index >= 15 is 0 Å². The minimum Gasteiger partial charge on any atom is -0.346 e. The van der Waals surface area contributed by atoms with Crippen LogP contribution in [0.1, 0.15) is 0 Å². The predicted molar refractivity (Wildman–Crippen MR) is 73.5 cm³/mol. The third kappa shape index (κ3) is 0.636. The van der Waals surface area contributed by atoms with Gasteiger partial charge in [-0.15, -0.1) is 0 Å². The number of rotatable bonds is 0. The zero-order chi connectivity index (χ0) is 13.1. The molecule has 6 heteroatoms. The minimum atomic E-state index is -0.414. The maximum absolute atomic E-state index is 6.23. The van der Waals surface area contributed by atoms with Crippen LogP contribution in [0.2, 0.25) is 0 Å². The quantitative estimate of drug-likeness (QED) is 0.572. The first kappa shape index (κ1) is 11.4. The zero-order valence-corrected chi connectivity index (χ0v) is 13.9. The Labute approximate surface area is 133 Å². The predicted octanol–water partition coefficient (Wildman–Crippen LogP) is 1.51. The van der Waals surface area contributed by atoms with Gasteiger partial charge in [-0.3, -0.25) is 0 Å². The molecule has 0 amide bonds. The van der Waals surface area contributed by atoms with Crippen LogP contribution in [0, 0.1) is 35.5 Å². The molecule has 0 unspecified atom stereocenters. The SMILES string of the molecule is Br[C@]12[C@@H]3[C@@H]4[C@@H]1[C@@H]1[C@H]([C@@H]3[C@]4(Br)C13OCCO3)C21OCCO1. The van der Waals surface area contributed by atoms with Crippen molar-refractivity contribution >= 4 is 31.9 Å². The highest BCUT2D eigenvalue weighted by molar-refractivity contribution is 9.10. The summed E-state index contributed by atoms with van der Waals surface area (Å²) >= 11 is 8.19. The van der Waals surface area contributed by atoms with Crippen molar-refractivity contribution < 1.29 is 18.9 Å². The second kappa shape index (κ2) is 2.71. The van der Waals surface area contributed by atoms with Crippen molar-refractivity contribution in [1.82, 2.24) is 0 Å². The highest BCUT2D eigenvalue weighted by Gasteiger charge is 3.08. The highest BCUT2D eigenvalue weighted by atomic mass is 79.9. The standard InChI is InChI=1S/C14H14Br2O4/c15-11-5-6-8(11)10-9(13(11)17-1-2-18-13)7(5)12(6,16)14(10)19-3-4-20-14/h5-10H,1-4H2/t5-,6-,7-,8-,9-,10+,11+,12-/m1/s1. The molecular formula is C14H14Br2O4. The summed E-state index contributed by atoms with van der Waals surface area (Å²) in [5.41, 5.74) is 0. The Morgan fingerprint density at radius 2 is 0.850 bits per heavy atom. The van der Waals surface area contributed by atoms with Crippen LogP contribution >= 0.6 is 31.9 Å². The summed E-state index contributed by atoms with van der Waals surface area (Å²) in [6, 6.07) is 0. The van der Waals surface area contributed by atoms with Gasteiger partial charge in [0, 0.05) is 11.8 Å². The van der Waals surface area contributed by atoms with Gasteiger partial charge in [-0.1, -0.05) is 31.9 Å². The van der Waals surface area contributed by atoms with E-state index in [1.807, 2.05) is 0 Å². The lowest BCUT2D eigenvalue weighted by Gasteiger charge is -2.70. The molecule has 2 spiro atoms. The Morgan fingerprint density at radius 3 is 1.20 bits per heavy atom. The van der Waals surface area contributed by atoms with E-state index in [1.54, 1.807) is 0 Å². The fourth-order valence-corrected chi connectivity index (χ4v) is 11.0. The molecule has 6 saturated carbocycles. The van der Waals surface area contributed by atoms with E-state index in [-0.39, 0.29) is 8.65 Å². The highest BCUT2D eigenvalue weighted by Crippen LogP contribution is 2.99. The molecule has 8 atom stereocenters. The summed E-state index contributed by atoms with van der Waals surface area (Å²) in [6.45, 7) is 2.88. The van der Waals surface area contributed by atoms with Gasteiger partial charge in [0.05, 0.1) is 35.1 Å². The molecule has 8 rings (SSSR count). The van der Waals surface area contributed by atoms with Gasteiger partial charge in [0.15, 0.2) is 11.6 Å². The molecular weight excluding hydrogens is 392 g/mol. The van der Waals surface area contributed by atoms with E-state index in [0.29, 0.717) is 35.5 Å². The molecule has 0 N–H and O–H groups in total. The van der Waals surface area contributed by atoms with E-state index in [1.165, 1.54) is 0 Å². The normalized spacial score (nSPS) is 71.1. The molecule has 4 bridgehead atoms. The first-order chi connectivity index (χ1) is 9.65. The van der Waals surface area contributed by atoms with Gasteiger partial charge in [-0.05, 0) is 23.7 Å². The number of alkyl halides is 2. The van der Waals surface area contributed by atoms with Crippen LogP contribution in [0.3, 0.4) is 0 Å². The average molecular weight is 406 g/mol. The van der Waals surface area contributed by atoms with Crippen molar-refractivity contribution in [3.05, 3.63) is 0 Å². The Hall–Kier alpha value is 0.800. The second-order valence-corrected chi connectivity index (χ2v) is 10.0. The molecule has 8 fully saturated rings. The van der Waals surface area contributed by atoms with Crippen LogP contribution in [0.5, 0.6) is 0 Å².